The van der Waals surface area contributed by atoms with E-state index in [1.54, 1.807) is 4.31 Å². The Morgan fingerprint density at radius 2 is 1.81 bits per heavy atom. The first kappa shape index (κ1) is 17.2. The van der Waals surface area contributed by atoms with Gasteiger partial charge in [-0.05, 0) is 44.1 Å². The summed E-state index contributed by atoms with van der Waals surface area (Å²) in [6, 6.07) is 0.406. The third kappa shape index (κ3) is 4.42. The average molecular weight is 317 g/mol. The van der Waals surface area contributed by atoms with Gasteiger partial charge in [0.15, 0.2) is 0 Å². The van der Waals surface area contributed by atoms with Gasteiger partial charge in [-0.15, -0.1) is 0 Å². The van der Waals surface area contributed by atoms with Crippen LogP contribution in [0, 0.1) is 5.41 Å². The predicted molar refractivity (Wildman–Crippen MR) is 87.9 cm³/mol. The van der Waals surface area contributed by atoms with E-state index in [-0.39, 0.29) is 0 Å². The molecule has 0 amide bonds. The Bertz CT molecular complexity index is 402. The van der Waals surface area contributed by atoms with Gasteiger partial charge in [-0.25, -0.2) is 12.7 Å². The smallest absolute Gasteiger partial charge is 0.214 e. The standard InChI is InChI=1S/C16H32N2O2S/c1-3-16(4-2)9-12-18(13-10-16)21(19,20)14-8-15-7-5-6-11-17-15/h15,17H,3-14H2,1-2H3. The Morgan fingerprint density at radius 1 is 1.14 bits per heavy atom. The van der Waals surface area contributed by atoms with Gasteiger partial charge in [0.25, 0.3) is 0 Å². The van der Waals surface area contributed by atoms with E-state index >= 15 is 0 Å². The molecule has 124 valence electrons. The third-order valence-electron chi connectivity index (χ3n) is 5.81. The molecule has 0 radical (unpaired) electrons. The first-order chi connectivity index (χ1) is 10.0. The number of rotatable bonds is 6. The van der Waals surface area contributed by atoms with E-state index in [4.69, 9.17) is 0 Å². The van der Waals surface area contributed by atoms with Crippen LogP contribution in [0.5, 0.6) is 0 Å². The molecule has 1 N–H and O–H groups in total. The highest BCUT2D eigenvalue weighted by Crippen LogP contribution is 2.38. The van der Waals surface area contributed by atoms with Gasteiger partial charge in [0.2, 0.25) is 10.0 Å². The molecule has 2 fully saturated rings. The molecule has 0 aliphatic carbocycles. The quantitative estimate of drug-likeness (QED) is 0.820. The predicted octanol–water partition coefficient (Wildman–Crippen LogP) is 2.75. The minimum atomic E-state index is -3.06. The molecule has 0 bridgehead atoms. The summed E-state index contributed by atoms with van der Waals surface area (Å²) >= 11 is 0. The number of piperidine rings is 2. The fourth-order valence-corrected chi connectivity index (χ4v) is 5.37. The molecule has 0 aromatic rings. The second kappa shape index (κ2) is 7.42. The fourth-order valence-electron chi connectivity index (χ4n) is 3.79. The summed E-state index contributed by atoms with van der Waals surface area (Å²) in [7, 11) is -3.06. The van der Waals surface area contributed by atoms with Crippen molar-refractivity contribution in [2.75, 3.05) is 25.4 Å². The molecule has 1 atom stereocenters. The van der Waals surface area contributed by atoms with Gasteiger partial charge in [0.05, 0.1) is 5.75 Å². The van der Waals surface area contributed by atoms with Crippen molar-refractivity contribution in [2.24, 2.45) is 5.41 Å². The van der Waals surface area contributed by atoms with Crippen molar-refractivity contribution in [2.45, 2.75) is 71.3 Å². The molecule has 0 aromatic heterocycles. The van der Waals surface area contributed by atoms with Crippen LogP contribution >= 0.6 is 0 Å². The Kier molecular flexibility index (Phi) is 6.09. The lowest BCUT2D eigenvalue weighted by Crippen LogP contribution is -2.44. The van der Waals surface area contributed by atoms with Crippen molar-refractivity contribution in [3.05, 3.63) is 0 Å². The van der Waals surface area contributed by atoms with Gasteiger partial charge in [-0.1, -0.05) is 33.1 Å². The van der Waals surface area contributed by atoms with Crippen LogP contribution in [-0.4, -0.2) is 44.2 Å². The van der Waals surface area contributed by atoms with Crippen LogP contribution in [0.25, 0.3) is 0 Å². The summed E-state index contributed by atoms with van der Waals surface area (Å²) in [5.74, 6) is 0.315. The van der Waals surface area contributed by atoms with E-state index in [1.165, 1.54) is 25.7 Å². The summed E-state index contributed by atoms with van der Waals surface area (Å²) in [6.07, 6.45) is 8.76. The van der Waals surface area contributed by atoms with Crippen LogP contribution in [0.3, 0.4) is 0 Å². The molecule has 2 aliphatic rings. The van der Waals surface area contributed by atoms with E-state index in [0.717, 1.165) is 45.3 Å². The summed E-state index contributed by atoms with van der Waals surface area (Å²) < 4.78 is 26.8. The van der Waals surface area contributed by atoms with Crippen LogP contribution in [0.15, 0.2) is 0 Å². The topological polar surface area (TPSA) is 49.4 Å². The number of hydrogen-bond donors (Lipinski definition) is 1. The zero-order valence-electron chi connectivity index (χ0n) is 13.7. The third-order valence-corrected chi connectivity index (χ3v) is 7.72. The number of nitrogens with zero attached hydrogens (tertiary/aromatic N) is 1. The second-order valence-electron chi connectivity index (χ2n) is 6.86. The number of hydrogen-bond acceptors (Lipinski definition) is 3. The maximum atomic E-state index is 12.5. The lowest BCUT2D eigenvalue weighted by Gasteiger charge is -2.40. The summed E-state index contributed by atoms with van der Waals surface area (Å²) in [5.41, 5.74) is 0.386. The molecule has 0 spiro atoms. The summed E-state index contributed by atoms with van der Waals surface area (Å²) in [4.78, 5) is 0. The normalized spacial score (nSPS) is 27.6. The van der Waals surface area contributed by atoms with Crippen LogP contribution in [0.2, 0.25) is 0 Å². The molecule has 2 heterocycles. The molecular formula is C16H32N2O2S. The highest BCUT2D eigenvalue weighted by atomic mass is 32.2. The van der Waals surface area contributed by atoms with E-state index in [9.17, 15) is 8.42 Å². The van der Waals surface area contributed by atoms with Crippen molar-refractivity contribution in [3.63, 3.8) is 0 Å². The van der Waals surface area contributed by atoms with Crippen LogP contribution in [0.4, 0.5) is 0 Å². The molecule has 5 heteroatoms. The first-order valence-electron chi connectivity index (χ1n) is 8.72. The number of nitrogens with one attached hydrogen (secondary N) is 1. The lowest BCUT2D eigenvalue weighted by molar-refractivity contribution is 0.141. The maximum Gasteiger partial charge on any atom is 0.214 e. The van der Waals surface area contributed by atoms with Crippen molar-refractivity contribution >= 4 is 10.0 Å². The minimum Gasteiger partial charge on any atom is -0.314 e. The van der Waals surface area contributed by atoms with Gasteiger partial charge >= 0.3 is 0 Å². The number of sulfonamides is 1. The second-order valence-corrected chi connectivity index (χ2v) is 8.95. The molecule has 2 rings (SSSR count). The molecular weight excluding hydrogens is 284 g/mol. The first-order valence-corrected chi connectivity index (χ1v) is 10.3. The summed E-state index contributed by atoms with van der Waals surface area (Å²) in [5, 5.41) is 3.44. The van der Waals surface area contributed by atoms with E-state index in [1.807, 2.05) is 0 Å². The SMILES string of the molecule is CCC1(CC)CCN(S(=O)(=O)CCC2CCCCN2)CC1. The van der Waals surface area contributed by atoms with E-state index < -0.39 is 10.0 Å². The Hall–Kier alpha value is -0.130. The molecule has 1 unspecified atom stereocenters. The lowest BCUT2D eigenvalue weighted by atomic mass is 9.75. The molecule has 4 nitrogen and oxygen atoms in total. The van der Waals surface area contributed by atoms with Gasteiger partial charge in [-0.2, -0.15) is 0 Å². The zero-order valence-corrected chi connectivity index (χ0v) is 14.6. The van der Waals surface area contributed by atoms with Gasteiger partial charge in [0.1, 0.15) is 0 Å². The van der Waals surface area contributed by atoms with Gasteiger partial charge in [-0.3, -0.25) is 0 Å². The molecule has 21 heavy (non-hydrogen) atoms. The molecule has 2 aliphatic heterocycles. The average Bonchev–Trinajstić information content (AvgIpc) is 2.54. The zero-order chi connectivity index (χ0) is 15.3. The van der Waals surface area contributed by atoms with Crippen molar-refractivity contribution in [1.29, 1.82) is 0 Å². The molecule has 2 saturated heterocycles. The maximum absolute atomic E-state index is 12.5. The molecule has 0 aromatic carbocycles. The van der Waals surface area contributed by atoms with Crippen molar-refractivity contribution in [3.8, 4) is 0 Å². The van der Waals surface area contributed by atoms with Gasteiger partial charge < -0.3 is 5.32 Å². The van der Waals surface area contributed by atoms with E-state index in [2.05, 4.69) is 19.2 Å². The van der Waals surface area contributed by atoms with Crippen LogP contribution < -0.4 is 5.32 Å². The molecule has 0 saturated carbocycles. The highest BCUT2D eigenvalue weighted by Gasteiger charge is 2.35. The van der Waals surface area contributed by atoms with Crippen LogP contribution in [0.1, 0.15) is 65.2 Å². The Morgan fingerprint density at radius 3 is 2.33 bits per heavy atom. The fraction of sp³-hybridized carbons (Fsp3) is 1.00. The van der Waals surface area contributed by atoms with Crippen molar-refractivity contribution in [1.82, 2.24) is 9.62 Å². The van der Waals surface area contributed by atoms with Gasteiger partial charge in [0, 0.05) is 19.1 Å². The largest absolute Gasteiger partial charge is 0.314 e. The highest BCUT2D eigenvalue weighted by molar-refractivity contribution is 7.89. The van der Waals surface area contributed by atoms with Crippen LogP contribution in [-0.2, 0) is 10.0 Å². The Balaban J connectivity index is 1.83. The monoisotopic (exact) mass is 316 g/mol. The van der Waals surface area contributed by atoms with Crippen molar-refractivity contribution < 1.29 is 8.42 Å². The Labute approximate surface area is 130 Å². The minimum absolute atomic E-state index is 0.315. The summed E-state index contributed by atoms with van der Waals surface area (Å²) in [6.45, 7) is 6.97. The van der Waals surface area contributed by atoms with E-state index in [0.29, 0.717) is 17.2 Å².